The maximum Gasteiger partial charge on any atom is 0.341 e. The Morgan fingerprint density at radius 3 is 2.68 bits per heavy atom. The molecule has 4 rings (SSSR count). The van der Waals surface area contributed by atoms with E-state index in [4.69, 9.17) is 26.2 Å². The molecule has 0 aliphatic heterocycles. The highest BCUT2D eigenvalue weighted by molar-refractivity contribution is 7.15. The number of benzene rings is 2. The summed E-state index contributed by atoms with van der Waals surface area (Å²) in [7, 11) is 0. The summed E-state index contributed by atoms with van der Waals surface area (Å²) < 4.78 is 10.7. The Hall–Kier alpha value is -3.42. The number of carbonyl (C=O) groups excluding carboxylic acids is 2. The molecule has 0 bridgehead atoms. The van der Waals surface area contributed by atoms with Gasteiger partial charge in [0.1, 0.15) is 21.7 Å². The highest BCUT2D eigenvalue weighted by Crippen LogP contribution is 2.36. The molecule has 0 saturated carbocycles. The van der Waals surface area contributed by atoms with Gasteiger partial charge in [-0.15, -0.1) is 11.3 Å². The van der Waals surface area contributed by atoms with E-state index in [9.17, 15) is 9.59 Å². The second kappa shape index (κ2) is 8.75. The van der Waals surface area contributed by atoms with Gasteiger partial charge in [-0.3, -0.25) is 10.2 Å². The molecule has 0 atom stereocenters. The van der Waals surface area contributed by atoms with Gasteiger partial charge in [0.2, 0.25) is 5.55 Å². The van der Waals surface area contributed by atoms with Crippen LogP contribution in [0.25, 0.3) is 22.1 Å². The zero-order chi connectivity index (χ0) is 22.0. The number of carbonyl (C=O) groups is 2. The molecule has 156 valence electrons. The van der Waals surface area contributed by atoms with E-state index >= 15 is 0 Å². The van der Waals surface area contributed by atoms with E-state index in [1.807, 2.05) is 30.3 Å². The Kier molecular flexibility index (Phi) is 5.88. The summed E-state index contributed by atoms with van der Waals surface area (Å²) in [6, 6.07) is 15.9. The first-order valence-corrected chi connectivity index (χ1v) is 10.7. The number of thiophene rings is 1. The summed E-state index contributed by atoms with van der Waals surface area (Å²) >= 11 is 7.24. The second-order valence-electron chi connectivity index (χ2n) is 6.57. The lowest BCUT2D eigenvalue weighted by Crippen LogP contribution is -2.21. The standard InChI is InChI=1S/C23H17ClN2O4S/c1-2-29-23(28)19-17(13-6-4-3-5-7-13)12-31-22(19)26-21(27)16-11-14-10-15(24)8-9-18(14)30-20(16)25/h3-12,25H,2H2,1H3,(H,26,27). The van der Waals surface area contributed by atoms with Crippen molar-refractivity contribution in [2.75, 3.05) is 11.9 Å². The first kappa shape index (κ1) is 20.8. The Morgan fingerprint density at radius 2 is 1.94 bits per heavy atom. The normalized spacial score (nSPS) is 10.8. The predicted molar refractivity (Wildman–Crippen MR) is 121 cm³/mol. The van der Waals surface area contributed by atoms with Gasteiger partial charge in [0.25, 0.3) is 5.91 Å². The number of rotatable bonds is 5. The summed E-state index contributed by atoms with van der Waals surface area (Å²) in [6.07, 6.45) is 0. The fourth-order valence-corrected chi connectivity index (χ4v) is 4.27. The van der Waals surface area contributed by atoms with Crippen molar-refractivity contribution in [3.8, 4) is 11.1 Å². The zero-order valence-electron chi connectivity index (χ0n) is 16.4. The van der Waals surface area contributed by atoms with Crippen molar-refractivity contribution < 1.29 is 18.7 Å². The van der Waals surface area contributed by atoms with Gasteiger partial charge in [0.05, 0.1) is 6.61 Å². The third-order valence-electron chi connectivity index (χ3n) is 4.56. The van der Waals surface area contributed by atoms with Crippen molar-refractivity contribution >= 4 is 50.8 Å². The van der Waals surface area contributed by atoms with Gasteiger partial charge in [-0.05, 0) is 36.8 Å². The summed E-state index contributed by atoms with van der Waals surface area (Å²) in [4.78, 5) is 25.7. The summed E-state index contributed by atoms with van der Waals surface area (Å²) in [5.41, 5.74) is 1.96. The molecule has 0 spiro atoms. The average Bonchev–Trinajstić information content (AvgIpc) is 3.18. The van der Waals surface area contributed by atoms with Gasteiger partial charge < -0.3 is 14.5 Å². The van der Waals surface area contributed by atoms with Crippen LogP contribution in [-0.2, 0) is 4.74 Å². The van der Waals surface area contributed by atoms with Gasteiger partial charge >= 0.3 is 5.97 Å². The fraction of sp³-hybridized carbons (Fsp3) is 0.0870. The molecule has 0 aliphatic rings. The minimum absolute atomic E-state index is 0.0271. The number of halogens is 1. The molecule has 8 heteroatoms. The van der Waals surface area contributed by atoms with Crippen LogP contribution in [0.4, 0.5) is 5.00 Å². The monoisotopic (exact) mass is 452 g/mol. The van der Waals surface area contributed by atoms with Crippen LogP contribution >= 0.6 is 22.9 Å². The van der Waals surface area contributed by atoms with E-state index in [1.54, 1.807) is 30.5 Å². The molecule has 6 nitrogen and oxygen atoms in total. The Balaban J connectivity index is 1.74. The van der Waals surface area contributed by atoms with Crippen molar-refractivity contribution in [2.45, 2.75) is 6.92 Å². The predicted octanol–water partition coefficient (Wildman–Crippen LogP) is 5.72. The third kappa shape index (κ3) is 4.23. The van der Waals surface area contributed by atoms with Crippen molar-refractivity contribution in [1.29, 1.82) is 5.41 Å². The number of hydrogen-bond acceptors (Lipinski definition) is 6. The molecule has 2 aromatic heterocycles. The van der Waals surface area contributed by atoms with Crippen molar-refractivity contribution in [3.05, 3.63) is 81.7 Å². The van der Waals surface area contributed by atoms with E-state index in [-0.39, 0.29) is 23.3 Å². The van der Waals surface area contributed by atoms with Crippen LogP contribution in [0.2, 0.25) is 5.02 Å². The number of ether oxygens (including phenoxy) is 1. The number of esters is 1. The quantitative estimate of drug-likeness (QED) is 0.378. The maximum atomic E-state index is 13.0. The number of amides is 1. The summed E-state index contributed by atoms with van der Waals surface area (Å²) in [5, 5.41) is 14.1. The first-order chi connectivity index (χ1) is 15.0. The molecule has 4 aromatic rings. The molecule has 2 aromatic carbocycles. The molecule has 0 radical (unpaired) electrons. The molecule has 0 unspecified atom stereocenters. The lowest BCUT2D eigenvalue weighted by Gasteiger charge is -2.09. The first-order valence-electron chi connectivity index (χ1n) is 9.41. The minimum Gasteiger partial charge on any atom is -0.462 e. The molecule has 0 saturated heterocycles. The molecule has 0 fully saturated rings. The lowest BCUT2D eigenvalue weighted by molar-refractivity contribution is 0.0529. The van der Waals surface area contributed by atoms with Crippen LogP contribution in [0.1, 0.15) is 27.6 Å². The number of hydrogen-bond donors (Lipinski definition) is 2. The van der Waals surface area contributed by atoms with Crippen molar-refractivity contribution in [1.82, 2.24) is 0 Å². The molecule has 31 heavy (non-hydrogen) atoms. The second-order valence-corrected chi connectivity index (χ2v) is 7.88. The largest absolute Gasteiger partial charge is 0.462 e. The third-order valence-corrected chi connectivity index (χ3v) is 5.69. The number of fused-ring (bicyclic) bond motifs is 1. The van der Waals surface area contributed by atoms with Gasteiger partial charge in [-0.25, -0.2) is 4.79 Å². The average molecular weight is 453 g/mol. The van der Waals surface area contributed by atoms with Gasteiger partial charge in [0.15, 0.2) is 0 Å². The zero-order valence-corrected chi connectivity index (χ0v) is 18.0. The van der Waals surface area contributed by atoms with Crippen molar-refractivity contribution in [2.24, 2.45) is 0 Å². The van der Waals surface area contributed by atoms with E-state index in [0.717, 1.165) is 5.56 Å². The van der Waals surface area contributed by atoms with Crippen LogP contribution < -0.4 is 10.9 Å². The van der Waals surface area contributed by atoms with Crippen LogP contribution in [0, 0.1) is 5.41 Å². The lowest BCUT2D eigenvalue weighted by atomic mass is 10.0. The van der Waals surface area contributed by atoms with E-state index in [0.29, 0.717) is 26.6 Å². The van der Waals surface area contributed by atoms with Crippen molar-refractivity contribution in [3.63, 3.8) is 0 Å². The molecule has 2 N–H and O–H groups in total. The van der Waals surface area contributed by atoms with Crippen LogP contribution in [0.15, 0.2) is 64.4 Å². The summed E-state index contributed by atoms with van der Waals surface area (Å²) in [5.74, 6) is -1.10. The van der Waals surface area contributed by atoms with Crippen LogP contribution in [0.3, 0.4) is 0 Å². The summed E-state index contributed by atoms with van der Waals surface area (Å²) in [6.45, 7) is 1.93. The van der Waals surface area contributed by atoms with E-state index in [2.05, 4.69) is 5.32 Å². The van der Waals surface area contributed by atoms with E-state index < -0.39 is 11.9 Å². The smallest absolute Gasteiger partial charge is 0.341 e. The van der Waals surface area contributed by atoms with Crippen LogP contribution in [0.5, 0.6) is 0 Å². The highest BCUT2D eigenvalue weighted by Gasteiger charge is 2.24. The minimum atomic E-state index is -0.567. The molecular formula is C23H17ClN2O4S. The highest BCUT2D eigenvalue weighted by atomic mass is 35.5. The maximum absolute atomic E-state index is 13.0. The Morgan fingerprint density at radius 1 is 1.16 bits per heavy atom. The van der Waals surface area contributed by atoms with E-state index in [1.165, 1.54) is 17.4 Å². The van der Waals surface area contributed by atoms with Gasteiger partial charge in [0, 0.05) is 21.4 Å². The SMILES string of the molecule is CCOC(=O)c1c(-c2ccccc2)csc1NC(=O)c1cc2cc(Cl)ccc2oc1=N. The van der Waals surface area contributed by atoms with Gasteiger partial charge in [-0.2, -0.15) is 0 Å². The number of anilines is 1. The van der Waals surface area contributed by atoms with Gasteiger partial charge in [-0.1, -0.05) is 41.9 Å². The fourth-order valence-electron chi connectivity index (χ4n) is 3.14. The van der Waals surface area contributed by atoms with Crippen LogP contribution in [-0.4, -0.2) is 18.5 Å². The Labute approximate surface area is 186 Å². The molecule has 1 amide bonds. The molecular weight excluding hydrogens is 436 g/mol. The molecule has 0 aliphatic carbocycles. The Bertz CT molecular complexity index is 1340. The number of nitrogens with one attached hydrogen (secondary N) is 2. The topological polar surface area (TPSA) is 92.4 Å². The molecule has 2 heterocycles.